The fourth-order valence-electron chi connectivity index (χ4n) is 4.28. The van der Waals surface area contributed by atoms with Crippen molar-refractivity contribution in [2.45, 2.75) is 31.2 Å². The fraction of sp³-hybridized carbons (Fsp3) is 0.261. The van der Waals surface area contributed by atoms with Crippen LogP contribution in [0.25, 0.3) is 10.9 Å². The van der Waals surface area contributed by atoms with E-state index in [9.17, 15) is 4.79 Å². The molecule has 2 aliphatic heterocycles. The molecule has 2 aromatic carbocycles. The summed E-state index contributed by atoms with van der Waals surface area (Å²) in [7, 11) is 1.65. The van der Waals surface area contributed by atoms with Crippen LogP contribution in [-0.4, -0.2) is 24.3 Å². The zero-order valence-electron chi connectivity index (χ0n) is 16.2. The highest BCUT2D eigenvalue weighted by Gasteiger charge is 2.46. The van der Waals surface area contributed by atoms with Crippen molar-refractivity contribution in [1.29, 1.82) is 0 Å². The van der Waals surface area contributed by atoms with Crippen LogP contribution in [0.4, 0.5) is 5.69 Å². The van der Waals surface area contributed by atoms with Gasteiger partial charge in [0.15, 0.2) is 6.29 Å². The Hall–Kier alpha value is -3.09. The van der Waals surface area contributed by atoms with Gasteiger partial charge >= 0.3 is 0 Å². The van der Waals surface area contributed by atoms with Crippen LogP contribution in [-0.2, 0) is 19.9 Å². The number of amides is 1. The number of carbonyl (C=O) groups is 1. The third-order valence-electron chi connectivity index (χ3n) is 5.77. The molecule has 0 bridgehead atoms. The van der Waals surface area contributed by atoms with Crippen LogP contribution in [0.3, 0.4) is 0 Å². The molecular weight excluding hydrogens is 366 g/mol. The number of carbonyl (C=O) groups excluding carboxylic acids is 1. The molecule has 0 aliphatic carbocycles. The summed E-state index contributed by atoms with van der Waals surface area (Å²) >= 11 is 0. The lowest BCUT2D eigenvalue weighted by atomic mass is 9.84. The van der Waals surface area contributed by atoms with E-state index in [2.05, 4.69) is 16.5 Å². The van der Waals surface area contributed by atoms with Gasteiger partial charge in [-0.15, -0.1) is 0 Å². The van der Waals surface area contributed by atoms with Crippen molar-refractivity contribution in [2.75, 3.05) is 12.1 Å². The van der Waals surface area contributed by atoms with Gasteiger partial charge in [-0.2, -0.15) is 0 Å². The lowest BCUT2D eigenvalue weighted by Gasteiger charge is -2.41. The Bertz CT molecular complexity index is 1080. The Morgan fingerprint density at radius 2 is 1.93 bits per heavy atom. The molecule has 2 N–H and O–H groups in total. The molecule has 1 saturated heterocycles. The number of benzene rings is 2. The first-order chi connectivity index (χ1) is 14.2. The smallest absolute Gasteiger partial charge is 0.245 e. The fourth-order valence-corrected chi connectivity index (χ4v) is 4.28. The number of hydrogen-bond donors (Lipinski definition) is 2. The second kappa shape index (κ2) is 7.06. The van der Waals surface area contributed by atoms with Gasteiger partial charge in [0.2, 0.25) is 5.91 Å². The summed E-state index contributed by atoms with van der Waals surface area (Å²) in [5.41, 5.74) is 6.31. The van der Waals surface area contributed by atoms with Gasteiger partial charge in [0.05, 0.1) is 11.4 Å². The van der Waals surface area contributed by atoms with Crippen LogP contribution in [0.1, 0.15) is 24.8 Å². The van der Waals surface area contributed by atoms with Crippen LogP contribution >= 0.6 is 0 Å². The van der Waals surface area contributed by atoms with Crippen LogP contribution in [0, 0.1) is 0 Å². The van der Waals surface area contributed by atoms with E-state index in [-0.39, 0.29) is 12.2 Å². The highest BCUT2D eigenvalue weighted by molar-refractivity contribution is 6.03. The molecule has 148 valence electrons. The quantitative estimate of drug-likeness (QED) is 0.711. The first-order valence-electron chi connectivity index (χ1n) is 9.84. The number of nitrogens with zero attached hydrogens (tertiary/aromatic N) is 1. The van der Waals surface area contributed by atoms with E-state index in [0.717, 1.165) is 27.9 Å². The van der Waals surface area contributed by atoms with Crippen LogP contribution in [0.2, 0.25) is 0 Å². The van der Waals surface area contributed by atoms with E-state index in [4.69, 9.17) is 9.47 Å². The minimum absolute atomic E-state index is 0.00192. The van der Waals surface area contributed by atoms with E-state index in [0.29, 0.717) is 19.3 Å². The molecule has 6 nitrogen and oxygen atoms in total. The number of aromatic nitrogens is 1. The SMILES string of the molecule is CO[C@@H]1CC=C2NN(c3c[nH]c4ccccc34)C(=O)CC[C@]2(c2ccccc2)O1. The van der Waals surface area contributed by atoms with Gasteiger partial charge in [-0.1, -0.05) is 54.6 Å². The molecule has 1 amide bonds. The molecule has 2 aliphatic rings. The highest BCUT2D eigenvalue weighted by Crippen LogP contribution is 2.44. The van der Waals surface area contributed by atoms with Gasteiger partial charge in [-0.25, -0.2) is 5.01 Å². The molecule has 0 spiro atoms. The van der Waals surface area contributed by atoms with Gasteiger partial charge in [0, 0.05) is 37.1 Å². The van der Waals surface area contributed by atoms with Crippen molar-refractivity contribution in [3.63, 3.8) is 0 Å². The third kappa shape index (κ3) is 2.92. The number of hydrazine groups is 1. The molecular formula is C23H23N3O3. The predicted molar refractivity (Wildman–Crippen MR) is 111 cm³/mol. The maximum Gasteiger partial charge on any atom is 0.245 e. The van der Waals surface area contributed by atoms with E-state index in [1.807, 2.05) is 60.8 Å². The lowest BCUT2D eigenvalue weighted by molar-refractivity contribution is -0.200. The number of para-hydroxylation sites is 1. The minimum atomic E-state index is -0.753. The summed E-state index contributed by atoms with van der Waals surface area (Å²) in [5.74, 6) is -0.00192. The summed E-state index contributed by atoms with van der Waals surface area (Å²) in [4.78, 5) is 16.4. The number of nitrogens with one attached hydrogen (secondary N) is 2. The minimum Gasteiger partial charge on any atom is -0.359 e. The van der Waals surface area contributed by atoms with Gasteiger partial charge in [-0.3, -0.25) is 10.2 Å². The number of aromatic amines is 1. The molecule has 0 radical (unpaired) electrons. The number of methoxy groups -OCH3 is 1. The Kier molecular flexibility index (Phi) is 4.38. The topological polar surface area (TPSA) is 66.6 Å². The standard InChI is InChI=1S/C23H23N3O3/c1-28-22-12-11-20-23(29-22,16-7-3-2-4-8-16)14-13-21(27)26(25-20)19-15-24-18-10-6-5-9-17(18)19/h2-11,15,22,24-25H,12-14H2,1H3/t22-,23+/m0/s1. The molecule has 1 aromatic heterocycles. The zero-order chi connectivity index (χ0) is 19.8. The number of H-pyrrole nitrogens is 1. The molecule has 1 fully saturated rings. The van der Waals surface area contributed by atoms with E-state index in [1.165, 1.54) is 0 Å². The van der Waals surface area contributed by atoms with Crippen LogP contribution in [0.15, 0.2) is 72.6 Å². The van der Waals surface area contributed by atoms with E-state index in [1.54, 1.807) is 12.1 Å². The highest BCUT2D eigenvalue weighted by atomic mass is 16.7. The summed E-state index contributed by atoms with van der Waals surface area (Å²) in [6.07, 6.45) is 5.10. The Balaban J connectivity index is 1.60. The summed E-state index contributed by atoms with van der Waals surface area (Å²) in [6.45, 7) is 0. The zero-order valence-corrected chi connectivity index (χ0v) is 16.2. The van der Waals surface area contributed by atoms with Gasteiger partial charge < -0.3 is 14.5 Å². The van der Waals surface area contributed by atoms with E-state index >= 15 is 0 Å². The van der Waals surface area contributed by atoms with Crippen molar-refractivity contribution in [3.05, 3.63) is 78.1 Å². The molecule has 3 aromatic rings. The second-order valence-electron chi connectivity index (χ2n) is 7.39. The van der Waals surface area contributed by atoms with Crippen molar-refractivity contribution in [2.24, 2.45) is 0 Å². The molecule has 6 heteroatoms. The average molecular weight is 389 g/mol. The monoisotopic (exact) mass is 389 g/mol. The number of rotatable bonds is 3. The van der Waals surface area contributed by atoms with Crippen LogP contribution in [0.5, 0.6) is 0 Å². The van der Waals surface area contributed by atoms with Crippen molar-refractivity contribution in [1.82, 2.24) is 10.4 Å². The third-order valence-corrected chi connectivity index (χ3v) is 5.77. The van der Waals surface area contributed by atoms with Gasteiger partial charge in [0.1, 0.15) is 5.60 Å². The molecule has 3 heterocycles. The maximum absolute atomic E-state index is 13.2. The van der Waals surface area contributed by atoms with Crippen molar-refractivity contribution in [3.8, 4) is 0 Å². The Morgan fingerprint density at radius 1 is 1.14 bits per heavy atom. The number of ether oxygens (including phenoxy) is 2. The second-order valence-corrected chi connectivity index (χ2v) is 7.39. The number of anilines is 1. The lowest BCUT2D eigenvalue weighted by Crippen LogP contribution is -2.48. The Labute approximate surface area is 169 Å². The predicted octanol–water partition coefficient (Wildman–Crippen LogP) is 3.97. The molecule has 29 heavy (non-hydrogen) atoms. The first-order valence-corrected chi connectivity index (χ1v) is 9.84. The molecule has 5 rings (SSSR count). The van der Waals surface area contributed by atoms with Gasteiger partial charge in [0.25, 0.3) is 0 Å². The summed E-state index contributed by atoms with van der Waals surface area (Å²) < 4.78 is 12.0. The van der Waals surface area contributed by atoms with Crippen LogP contribution < -0.4 is 10.4 Å². The molecule has 2 atom stereocenters. The first kappa shape index (κ1) is 18.0. The maximum atomic E-state index is 13.2. The number of hydrogen-bond acceptors (Lipinski definition) is 4. The van der Waals surface area contributed by atoms with E-state index < -0.39 is 5.60 Å². The molecule has 0 saturated carbocycles. The summed E-state index contributed by atoms with van der Waals surface area (Å²) in [5, 5.41) is 2.64. The largest absolute Gasteiger partial charge is 0.359 e. The van der Waals surface area contributed by atoms with Crippen molar-refractivity contribution >= 4 is 22.5 Å². The normalized spacial score (nSPS) is 24.6. The summed E-state index contributed by atoms with van der Waals surface area (Å²) in [6, 6.07) is 18.0. The molecule has 0 unspecified atom stereocenters. The Morgan fingerprint density at radius 3 is 2.76 bits per heavy atom. The average Bonchev–Trinajstić information content (AvgIpc) is 3.14. The number of fused-ring (bicyclic) bond motifs is 2. The van der Waals surface area contributed by atoms with Gasteiger partial charge in [-0.05, 0) is 18.1 Å². The van der Waals surface area contributed by atoms with Crippen molar-refractivity contribution < 1.29 is 14.3 Å².